The number of hydrazone groups is 1. The molecule has 2 aliphatic heterocycles. The normalized spacial score (nSPS) is 17.5. The van der Waals surface area contributed by atoms with E-state index in [-0.39, 0.29) is 44.4 Å². The molecule has 1 aromatic rings. The Labute approximate surface area is 261 Å². The second-order valence-electron chi connectivity index (χ2n) is 11.7. The van der Waals surface area contributed by atoms with Gasteiger partial charge in [-0.3, -0.25) is 9.63 Å². The summed E-state index contributed by atoms with van der Waals surface area (Å²) in [6.07, 6.45) is -8.09. The molecule has 0 aromatic carbocycles. The Kier molecular flexibility index (Phi) is 12.1. The zero-order valence-corrected chi connectivity index (χ0v) is 26.4. The highest BCUT2D eigenvalue weighted by Crippen LogP contribution is 2.35. The summed E-state index contributed by atoms with van der Waals surface area (Å²) < 4.78 is 100. The predicted molar refractivity (Wildman–Crippen MR) is 155 cm³/mol. The smallest absolute Gasteiger partial charge is 0.378 e. The molecule has 3 heterocycles. The minimum atomic E-state index is -4.96. The maximum absolute atomic E-state index is 14.8. The molecule has 2 N–H and O–H groups in total. The van der Waals surface area contributed by atoms with Crippen LogP contribution in [0.2, 0.25) is 25.7 Å². The highest BCUT2D eigenvalue weighted by molar-refractivity contribution is 6.76. The number of ether oxygens (including phenoxy) is 1. The molecule has 11 nitrogen and oxygen atoms in total. The summed E-state index contributed by atoms with van der Waals surface area (Å²) in [5, 5.41) is 7.19. The van der Waals surface area contributed by atoms with Crippen LogP contribution < -0.4 is 15.7 Å². The van der Waals surface area contributed by atoms with Gasteiger partial charge in [-0.25, -0.2) is 29.6 Å². The SMILES string of the molecule is CC(CONC(=O)C(F)C1=CCN(c2ncc(C(F)(F)F)cn2)CC1)NC1=C(C(F)(F)F)C(=C=O)N(COCC[Si](C)(C)C)N=C1. The molecule has 0 saturated heterocycles. The number of hydrogen-bond acceptors (Lipinski definition) is 10. The van der Waals surface area contributed by atoms with Crippen LogP contribution in [0.25, 0.3) is 0 Å². The third kappa shape index (κ3) is 10.4. The number of carbonyl (C=O) groups excluding carboxylic acids is 2. The first-order chi connectivity index (χ1) is 21.4. The van der Waals surface area contributed by atoms with E-state index < -0.39 is 67.7 Å². The number of anilines is 1. The molecule has 19 heteroatoms. The fraction of sp³-hybridized carbons (Fsp3) is 0.556. The van der Waals surface area contributed by atoms with Crippen LogP contribution in [0, 0.1) is 0 Å². The number of hydrogen-bond donors (Lipinski definition) is 2. The summed E-state index contributed by atoms with van der Waals surface area (Å²) in [6, 6.07) is -0.121. The van der Waals surface area contributed by atoms with Crippen molar-refractivity contribution in [1.29, 1.82) is 0 Å². The van der Waals surface area contributed by atoms with E-state index in [4.69, 9.17) is 9.57 Å². The summed E-state index contributed by atoms with van der Waals surface area (Å²) in [5.41, 5.74) is -1.72. The number of rotatable bonds is 13. The molecule has 2 atom stereocenters. The Morgan fingerprint density at radius 2 is 1.80 bits per heavy atom. The Bertz CT molecular complexity index is 1370. The van der Waals surface area contributed by atoms with Gasteiger partial charge in [0.25, 0.3) is 5.91 Å². The molecule has 1 amide bonds. The minimum Gasteiger partial charge on any atom is -0.378 e. The van der Waals surface area contributed by atoms with Crippen molar-refractivity contribution in [1.82, 2.24) is 25.8 Å². The van der Waals surface area contributed by atoms with E-state index in [9.17, 15) is 40.3 Å². The second-order valence-corrected chi connectivity index (χ2v) is 17.3. The lowest BCUT2D eigenvalue weighted by Gasteiger charge is -2.29. The molecule has 3 rings (SSSR count). The fourth-order valence-electron chi connectivity index (χ4n) is 4.13. The number of nitrogens with one attached hydrogen (secondary N) is 2. The van der Waals surface area contributed by atoms with Gasteiger partial charge < -0.3 is 15.0 Å². The molecule has 2 aliphatic rings. The number of halogens is 7. The van der Waals surface area contributed by atoms with E-state index in [1.54, 1.807) is 0 Å². The van der Waals surface area contributed by atoms with Gasteiger partial charge in [-0.1, -0.05) is 25.7 Å². The number of carbonyl (C=O) groups is 1. The number of amides is 1. The summed E-state index contributed by atoms with van der Waals surface area (Å²) in [5.74, 6) is 0.140. The van der Waals surface area contributed by atoms with Crippen molar-refractivity contribution in [3.63, 3.8) is 0 Å². The van der Waals surface area contributed by atoms with Crippen LogP contribution in [0.4, 0.5) is 36.7 Å². The molecular formula is C27H34F7N7O4Si. The first kappa shape index (κ1) is 36.7. The number of nitrogens with zero attached hydrogens (tertiary/aromatic N) is 5. The van der Waals surface area contributed by atoms with Crippen molar-refractivity contribution in [3.8, 4) is 0 Å². The van der Waals surface area contributed by atoms with Gasteiger partial charge in [-0.05, 0) is 25.0 Å². The van der Waals surface area contributed by atoms with Crippen molar-refractivity contribution in [2.75, 3.05) is 37.9 Å². The zero-order valence-electron chi connectivity index (χ0n) is 25.4. The topological polar surface area (TPSA) is 121 Å². The second kappa shape index (κ2) is 15.2. The highest BCUT2D eigenvalue weighted by Gasteiger charge is 2.43. The van der Waals surface area contributed by atoms with E-state index in [1.807, 2.05) is 5.48 Å². The minimum absolute atomic E-state index is 0.00837. The maximum atomic E-state index is 14.8. The number of allylic oxidation sites excluding steroid dienone is 2. The van der Waals surface area contributed by atoms with Crippen LogP contribution in [0.5, 0.6) is 0 Å². The van der Waals surface area contributed by atoms with Gasteiger partial charge in [0.2, 0.25) is 12.1 Å². The highest BCUT2D eigenvalue weighted by atomic mass is 28.3. The van der Waals surface area contributed by atoms with Crippen molar-refractivity contribution in [2.24, 2.45) is 5.10 Å². The lowest BCUT2D eigenvalue weighted by Crippen LogP contribution is -2.41. The van der Waals surface area contributed by atoms with Gasteiger partial charge in [-0.15, -0.1) is 0 Å². The van der Waals surface area contributed by atoms with Crippen LogP contribution >= 0.6 is 0 Å². The largest absolute Gasteiger partial charge is 0.421 e. The lowest BCUT2D eigenvalue weighted by atomic mass is 10.0. The third-order valence-electron chi connectivity index (χ3n) is 6.64. The first-order valence-corrected chi connectivity index (χ1v) is 17.7. The molecular weight excluding hydrogens is 647 g/mol. The van der Waals surface area contributed by atoms with Crippen molar-refractivity contribution in [2.45, 2.75) is 63.6 Å². The number of aromatic nitrogens is 2. The number of hydroxylamine groups is 1. The summed E-state index contributed by atoms with van der Waals surface area (Å²) in [4.78, 5) is 37.8. The van der Waals surface area contributed by atoms with E-state index in [0.29, 0.717) is 12.4 Å². The Balaban J connectivity index is 1.52. The van der Waals surface area contributed by atoms with Crippen LogP contribution in [0.3, 0.4) is 0 Å². The van der Waals surface area contributed by atoms with Crippen molar-refractivity contribution >= 4 is 32.1 Å². The molecule has 1 aromatic heterocycles. The van der Waals surface area contributed by atoms with Gasteiger partial charge >= 0.3 is 12.4 Å². The molecule has 0 spiro atoms. The van der Waals surface area contributed by atoms with Crippen LogP contribution in [0.1, 0.15) is 18.9 Å². The predicted octanol–water partition coefficient (Wildman–Crippen LogP) is 4.14. The van der Waals surface area contributed by atoms with E-state index in [1.165, 1.54) is 23.8 Å². The van der Waals surface area contributed by atoms with E-state index in [2.05, 4.69) is 40.0 Å². The van der Waals surface area contributed by atoms with E-state index in [0.717, 1.165) is 17.3 Å². The molecule has 0 aliphatic carbocycles. The molecule has 2 unspecified atom stereocenters. The molecule has 0 saturated carbocycles. The Hall–Kier alpha value is -3.80. The fourth-order valence-corrected chi connectivity index (χ4v) is 4.88. The molecule has 254 valence electrons. The molecule has 0 radical (unpaired) electrons. The van der Waals surface area contributed by atoms with Gasteiger partial charge in [-0.2, -0.15) is 31.4 Å². The maximum Gasteiger partial charge on any atom is 0.421 e. The van der Waals surface area contributed by atoms with Gasteiger partial charge in [0, 0.05) is 46.2 Å². The summed E-state index contributed by atoms with van der Waals surface area (Å²) >= 11 is 0. The van der Waals surface area contributed by atoms with Gasteiger partial charge in [0.15, 0.2) is 11.6 Å². The molecule has 46 heavy (non-hydrogen) atoms. The lowest BCUT2D eigenvalue weighted by molar-refractivity contribution is -0.138. The quantitative estimate of drug-likeness (QED) is 0.0791. The molecule has 0 fully saturated rings. The monoisotopic (exact) mass is 681 g/mol. The van der Waals surface area contributed by atoms with Crippen LogP contribution in [-0.4, -0.2) is 92.5 Å². The average molecular weight is 682 g/mol. The molecule has 0 bridgehead atoms. The third-order valence-corrected chi connectivity index (χ3v) is 8.34. The number of alkyl halides is 7. The van der Waals surface area contributed by atoms with Crippen molar-refractivity contribution < 1.29 is 49.9 Å². The summed E-state index contributed by atoms with van der Waals surface area (Å²) in [6.45, 7) is 7.41. The first-order valence-electron chi connectivity index (χ1n) is 14.0. The Morgan fingerprint density at radius 3 is 2.35 bits per heavy atom. The van der Waals surface area contributed by atoms with Crippen molar-refractivity contribution in [3.05, 3.63) is 46.6 Å². The van der Waals surface area contributed by atoms with E-state index >= 15 is 0 Å². The average Bonchev–Trinajstić information content (AvgIpc) is 2.97. The summed E-state index contributed by atoms with van der Waals surface area (Å²) in [7, 11) is -1.46. The van der Waals surface area contributed by atoms with Crippen LogP contribution in [-0.2, 0) is 25.3 Å². The standard InChI is InChI=1S/C27H34F7N7O4Si/c1-17(38-20-13-37-41(16-44-9-10-46(2,3)4)21(14-42)22(20)27(32,33)34)15-45-39-24(43)23(28)18-5-7-40(8-6-18)25-35-11-19(12-36-25)26(29,30)31/h5,11-13,17,23,38H,6-10,15-16H2,1-4H3,(H,39,43). The van der Waals surface area contributed by atoms with Gasteiger partial charge in [0.1, 0.15) is 12.3 Å². The van der Waals surface area contributed by atoms with Crippen LogP contribution in [0.15, 0.2) is 46.1 Å². The van der Waals surface area contributed by atoms with Gasteiger partial charge in [0.05, 0.1) is 24.1 Å². The Morgan fingerprint density at radius 1 is 1.13 bits per heavy atom. The zero-order chi connectivity index (χ0) is 34.3.